The number of nitrogens with one attached hydrogen (secondary N) is 1. The summed E-state index contributed by atoms with van der Waals surface area (Å²) in [6.45, 7) is 1.42. The zero-order valence-corrected chi connectivity index (χ0v) is 20.3. The van der Waals surface area contributed by atoms with Gasteiger partial charge >= 0.3 is 0 Å². The molecule has 2 aromatic rings. The standard InChI is InChI=1S/C27H29F2N3O5/c28-19-8-9-21(22(29)15-19)26(35)31-12-10-27(11-13-31)32(25(34)18-5-2-1-3-6-18)23(17-37-27)24(33)30-16-20-7-4-14-36-20/h1-3,5-6,8-9,15,20,23H,4,7,10-14,16-17H2,(H,30,33)/t20-,23+/m1/s1. The smallest absolute Gasteiger partial charge is 0.256 e. The fraction of sp³-hybridized carbons (Fsp3) is 0.444. The molecule has 37 heavy (non-hydrogen) atoms. The van der Waals surface area contributed by atoms with E-state index >= 15 is 0 Å². The zero-order chi connectivity index (χ0) is 26.0. The molecule has 1 N–H and O–H groups in total. The molecule has 0 saturated carbocycles. The molecule has 2 aromatic carbocycles. The van der Waals surface area contributed by atoms with Crippen LogP contribution >= 0.6 is 0 Å². The Morgan fingerprint density at radius 1 is 1.03 bits per heavy atom. The van der Waals surface area contributed by atoms with E-state index in [1.165, 1.54) is 9.80 Å². The first-order chi connectivity index (χ1) is 17.9. The molecule has 3 fully saturated rings. The summed E-state index contributed by atoms with van der Waals surface area (Å²) in [5.74, 6) is -2.89. The molecule has 2 atom stereocenters. The minimum Gasteiger partial charge on any atom is -0.376 e. The zero-order valence-electron chi connectivity index (χ0n) is 20.3. The lowest BCUT2D eigenvalue weighted by Crippen LogP contribution is -2.60. The lowest BCUT2D eigenvalue weighted by molar-refractivity contribution is -0.128. The summed E-state index contributed by atoms with van der Waals surface area (Å²) in [6, 6.07) is 10.7. The Kier molecular flexibility index (Phi) is 7.21. The Hall–Kier alpha value is -3.37. The molecular weight excluding hydrogens is 484 g/mol. The molecule has 1 spiro atoms. The monoisotopic (exact) mass is 513 g/mol. The third kappa shape index (κ3) is 5.08. The highest BCUT2D eigenvalue weighted by Gasteiger charge is 2.54. The Bertz CT molecular complexity index is 1160. The van der Waals surface area contributed by atoms with Gasteiger partial charge in [0.15, 0.2) is 0 Å². The molecule has 0 radical (unpaired) electrons. The van der Waals surface area contributed by atoms with Crippen LogP contribution in [0.4, 0.5) is 8.78 Å². The first-order valence-electron chi connectivity index (χ1n) is 12.5. The Labute approximate surface area is 213 Å². The first kappa shape index (κ1) is 25.3. The number of likely N-dealkylation sites (tertiary alicyclic amines) is 1. The van der Waals surface area contributed by atoms with Crippen LogP contribution in [0.25, 0.3) is 0 Å². The number of piperidine rings is 1. The largest absolute Gasteiger partial charge is 0.376 e. The second-order valence-electron chi connectivity index (χ2n) is 9.61. The molecule has 0 bridgehead atoms. The predicted molar refractivity (Wildman–Crippen MR) is 129 cm³/mol. The summed E-state index contributed by atoms with van der Waals surface area (Å²) in [4.78, 5) is 42.8. The number of hydrogen-bond acceptors (Lipinski definition) is 5. The minimum atomic E-state index is -1.09. The van der Waals surface area contributed by atoms with E-state index < -0.39 is 29.3 Å². The summed E-state index contributed by atoms with van der Waals surface area (Å²) >= 11 is 0. The van der Waals surface area contributed by atoms with E-state index in [1.807, 2.05) is 0 Å². The van der Waals surface area contributed by atoms with Crippen molar-refractivity contribution in [3.05, 3.63) is 71.3 Å². The second-order valence-corrected chi connectivity index (χ2v) is 9.61. The van der Waals surface area contributed by atoms with E-state index in [9.17, 15) is 23.2 Å². The minimum absolute atomic E-state index is 0.0243. The van der Waals surface area contributed by atoms with E-state index in [-0.39, 0.29) is 56.0 Å². The normalized spacial score (nSPS) is 22.9. The third-order valence-electron chi connectivity index (χ3n) is 7.32. The number of benzene rings is 2. The van der Waals surface area contributed by atoms with E-state index in [2.05, 4.69) is 5.32 Å². The number of nitrogens with zero attached hydrogens (tertiary/aromatic N) is 2. The molecule has 5 rings (SSSR count). The van der Waals surface area contributed by atoms with Gasteiger partial charge in [0.05, 0.1) is 18.3 Å². The summed E-state index contributed by atoms with van der Waals surface area (Å²) < 4.78 is 39.3. The van der Waals surface area contributed by atoms with Crippen LogP contribution < -0.4 is 5.32 Å². The highest BCUT2D eigenvalue weighted by Crippen LogP contribution is 2.39. The number of amides is 3. The average Bonchev–Trinajstić information content (AvgIpc) is 3.56. The number of halogens is 2. The van der Waals surface area contributed by atoms with E-state index in [0.717, 1.165) is 25.0 Å². The van der Waals surface area contributed by atoms with Crippen LogP contribution in [-0.2, 0) is 14.3 Å². The number of ether oxygens (including phenoxy) is 2. The highest BCUT2D eigenvalue weighted by atomic mass is 19.1. The topological polar surface area (TPSA) is 88.2 Å². The molecule has 0 aromatic heterocycles. The van der Waals surface area contributed by atoms with Crippen LogP contribution in [0.3, 0.4) is 0 Å². The fourth-order valence-electron chi connectivity index (χ4n) is 5.32. The van der Waals surface area contributed by atoms with Crippen LogP contribution in [-0.4, -0.2) is 78.2 Å². The summed E-state index contributed by atoms with van der Waals surface area (Å²) in [6.07, 6.45) is 2.27. The van der Waals surface area contributed by atoms with Crippen molar-refractivity contribution in [2.75, 3.05) is 32.8 Å². The van der Waals surface area contributed by atoms with Gasteiger partial charge in [-0.1, -0.05) is 18.2 Å². The van der Waals surface area contributed by atoms with E-state index in [0.29, 0.717) is 24.8 Å². The number of carbonyl (C=O) groups is 3. The predicted octanol–water partition coefficient (Wildman–Crippen LogP) is 2.73. The van der Waals surface area contributed by atoms with Crippen LogP contribution in [0.15, 0.2) is 48.5 Å². The average molecular weight is 514 g/mol. The van der Waals surface area contributed by atoms with Gasteiger partial charge in [-0.25, -0.2) is 8.78 Å². The third-order valence-corrected chi connectivity index (χ3v) is 7.32. The van der Waals surface area contributed by atoms with Gasteiger partial charge in [0, 0.05) is 50.7 Å². The number of carbonyl (C=O) groups excluding carboxylic acids is 3. The fourth-order valence-corrected chi connectivity index (χ4v) is 5.32. The van der Waals surface area contributed by atoms with Crippen LogP contribution in [0.1, 0.15) is 46.4 Å². The molecule has 3 heterocycles. The van der Waals surface area contributed by atoms with E-state index in [1.54, 1.807) is 30.3 Å². The van der Waals surface area contributed by atoms with Crippen LogP contribution in [0.2, 0.25) is 0 Å². The van der Waals surface area contributed by atoms with Crippen LogP contribution in [0, 0.1) is 11.6 Å². The Morgan fingerprint density at radius 2 is 1.78 bits per heavy atom. The second kappa shape index (κ2) is 10.5. The van der Waals surface area contributed by atoms with Crippen molar-refractivity contribution in [3.63, 3.8) is 0 Å². The summed E-state index contributed by atoms with van der Waals surface area (Å²) in [5.41, 5.74) is -0.874. The number of rotatable bonds is 5. The summed E-state index contributed by atoms with van der Waals surface area (Å²) in [5, 5.41) is 2.91. The molecule has 0 unspecified atom stereocenters. The van der Waals surface area contributed by atoms with Crippen LogP contribution in [0.5, 0.6) is 0 Å². The van der Waals surface area contributed by atoms with Gasteiger partial charge in [-0.15, -0.1) is 0 Å². The maximum absolute atomic E-state index is 14.2. The van der Waals surface area contributed by atoms with Crippen molar-refractivity contribution in [2.45, 2.75) is 43.6 Å². The molecule has 3 amide bonds. The maximum atomic E-state index is 14.2. The highest BCUT2D eigenvalue weighted by molar-refractivity contribution is 5.98. The molecule has 196 valence electrons. The van der Waals surface area contributed by atoms with Gasteiger partial charge in [0.25, 0.3) is 11.8 Å². The Morgan fingerprint density at radius 3 is 2.46 bits per heavy atom. The van der Waals surface area contributed by atoms with Crippen molar-refractivity contribution in [3.8, 4) is 0 Å². The molecule has 10 heteroatoms. The van der Waals surface area contributed by atoms with Crippen molar-refractivity contribution in [1.82, 2.24) is 15.1 Å². The van der Waals surface area contributed by atoms with Gasteiger partial charge in [0.1, 0.15) is 23.4 Å². The lowest BCUT2D eigenvalue weighted by Gasteiger charge is -2.44. The molecule has 3 aliphatic rings. The SMILES string of the molecule is O=C(NC[C@H]1CCCO1)[C@@H]1COC2(CCN(C(=O)c3ccc(F)cc3F)CC2)N1C(=O)c1ccccc1. The van der Waals surface area contributed by atoms with E-state index in [4.69, 9.17) is 9.47 Å². The van der Waals surface area contributed by atoms with Crippen molar-refractivity contribution >= 4 is 17.7 Å². The van der Waals surface area contributed by atoms with Crippen molar-refractivity contribution in [2.24, 2.45) is 0 Å². The van der Waals surface area contributed by atoms with Gasteiger partial charge in [-0.3, -0.25) is 19.3 Å². The molecule has 3 saturated heterocycles. The molecule has 0 aliphatic carbocycles. The molecule has 3 aliphatic heterocycles. The summed E-state index contributed by atoms with van der Waals surface area (Å²) in [7, 11) is 0. The molecular formula is C27H29F2N3O5. The van der Waals surface area contributed by atoms with Gasteiger partial charge < -0.3 is 19.7 Å². The van der Waals surface area contributed by atoms with Gasteiger partial charge in [-0.05, 0) is 37.1 Å². The maximum Gasteiger partial charge on any atom is 0.256 e. The van der Waals surface area contributed by atoms with Crippen molar-refractivity contribution < 1.29 is 32.6 Å². The lowest BCUT2D eigenvalue weighted by atomic mass is 9.96. The molecule has 8 nitrogen and oxygen atoms in total. The van der Waals surface area contributed by atoms with Gasteiger partial charge in [0.2, 0.25) is 5.91 Å². The van der Waals surface area contributed by atoms with Crippen molar-refractivity contribution in [1.29, 1.82) is 0 Å². The Balaban J connectivity index is 1.34. The van der Waals surface area contributed by atoms with Gasteiger partial charge in [-0.2, -0.15) is 0 Å². The quantitative estimate of drug-likeness (QED) is 0.665. The number of hydrogen-bond donors (Lipinski definition) is 1. The first-order valence-corrected chi connectivity index (χ1v) is 12.5.